The third kappa shape index (κ3) is 4.40. The van der Waals surface area contributed by atoms with E-state index in [1.165, 1.54) is 5.01 Å². The number of carbonyl (C=O) groups excluding carboxylic acids is 1. The Balaban J connectivity index is 1.59. The molecular formula is C25H19N3O2. The largest absolute Gasteiger partial charge is 0.443 e. The number of anilines is 2. The quantitative estimate of drug-likeness (QED) is 0.430. The van der Waals surface area contributed by atoms with Gasteiger partial charge < -0.3 is 4.74 Å². The van der Waals surface area contributed by atoms with Crippen molar-refractivity contribution < 1.29 is 9.53 Å². The van der Waals surface area contributed by atoms with Crippen LogP contribution in [-0.4, -0.2) is 6.09 Å². The van der Waals surface area contributed by atoms with Gasteiger partial charge in [0.15, 0.2) is 0 Å². The fraction of sp³-hybridized carbons (Fsp3) is 0.0400. The second-order valence-electron chi connectivity index (χ2n) is 6.71. The predicted octanol–water partition coefficient (Wildman–Crippen LogP) is 5.88. The molecule has 0 aliphatic carbocycles. The molecule has 0 atom stereocenters. The summed E-state index contributed by atoms with van der Waals surface area (Å²) in [6.07, 6.45) is -0.545. The molecule has 0 saturated heterocycles. The first-order chi connectivity index (χ1) is 14.7. The van der Waals surface area contributed by atoms with Crippen LogP contribution >= 0.6 is 0 Å². The van der Waals surface area contributed by atoms with Crippen molar-refractivity contribution in [1.82, 2.24) is 0 Å². The van der Waals surface area contributed by atoms with Crippen molar-refractivity contribution in [2.45, 2.75) is 6.61 Å². The Bertz CT molecular complexity index is 1200. The molecule has 0 saturated carbocycles. The normalized spacial score (nSPS) is 10.2. The Morgan fingerprint density at radius 1 is 0.867 bits per heavy atom. The maximum Gasteiger partial charge on any atom is 0.433 e. The van der Waals surface area contributed by atoms with Crippen molar-refractivity contribution in [3.8, 4) is 6.07 Å². The van der Waals surface area contributed by atoms with Crippen LogP contribution in [0.2, 0.25) is 0 Å². The number of carbonyl (C=O) groups is 1. The molecule has 0 radical (unpaired) electrons. The molecule has 0 aliphatic heterocycles. The van der Waals surface area contributed by atoms with Gasteiger partial charge in [0, 0.05) is 0 Å². The molecule has 0 bridgehead atoms. The molecule has 4 rings (SSSR count). The van der Waals surface area contributed by atoms with Crippen molar-refractivity contribution in [1.29, 1.82) is 5.26 Å². The lowest BCUT2D eigenvalue weighted by Crippen LogP contribution is -2.36. The number of ether oxygens (including phenoxy) is 1. The fourth-order valence-corrected chi connectivity index (χ4v) is 3.07. The maximum absolute atomic E-state index is 12.9. The van der Waals surface area contributed by atoms with Crippen LogP contribution in [0.1, 0.15) is 11.1 Å². The lowest BCUT2D eigenvalue weighted by atomic mass is 10.1. The number of fused-ring (bicyclic) bond motifs is 1. The minimum absolute atomic E-state index is 0.159. The fourth-order valence-electron chi connectivity index (χ4n) is 3.07. The molecule has 0 spiro atoms. The van der Waals surface area contributed by atoms with Gasteiger partial charge in [-0.05, 0) is 52.7 Å². The number of nitrogens with one attached hydrogen (secondary N) is 1. The first-order valence-corrected chi connectivity index (χ1v) is 9.49. The second-order valence-corrected chi connectivity index (χ2v) is 6.71. The smallest absolute Gasteiger partial charge is 0.433 e. The molecule has 146 valence electrons. The van der Waals surface area contributed by atoms with Gasteiger partial charge in [-0.3, -0.25) is 5.43 Å². The van der Waals surface area contributed by atoms with E-state index in [-0.39, 0.29) is 6.61 Å². The molecule has 0 aromatic heterocycles. The van der Waals surface area contributed by atoms with Crippen LogP contribution in [0.25, 0.3) is 10.8 Å². The number of hydrogen-bond donors (Lipinski definition) is 1. The van der Waals surface area contributed by atoms with Crippen LogP contribution in [0, 0.1) is 11.3 Å². The van der Waals surface area contributed by atoms with Gasteiger partial charge in [0.25, 0.3) is 0 Å². The average Bonchev–Trinajstić information content (AvgIpc) is 2.81. The van der Waals surface area contributed by atoms with Crippen molar-refractivity contribution in [2.75, 3.05) is 10.4 Å². The highest BCUT2D eigenvalue weighted by atomic mass is 16.6. The minimum Gasteiger partial charge on any atom is -0.443 e. The van der Waals surface area contributed by atoms with E-state index in [1.54, 1.807) is 24.3 Å². The number of hydrogen-bond acceptors (Lipinski definition) is 4. The molecule has 5 heteroatoms. The highest BCUT2D eigenvalue weighted by Crippen LogP contribution is 2.23. The Morgan fingerprint density at radius 3 is 2.30 bits per heavy atom. The van der Waals surface area contributed by atoms with Gasteiger partial charge in [-0.15, -0.1) is 0 Å². The molecule has 4 aromatic carbocycles. The minimum atomic E-state index is -0.545. The van der Waals surface area contributed by atoms with Crippen LogP contribution in [0.3, 0.4) is 0 Å². The highest BCUT2D eigenvalue weighted by Gasteiger charge is 2.18. The van der Waals surface area contributed by atoms with Gasteiger partial charge in [-0.1, -0.05) is 60.7 Å². The van der Waals surface area contributed by atoms with E-state index >= 15 is 0 Å². The van der Waals surface area contributed by atoms with E-state index in [1.807, 2.05) is 72.8 Å². The first kappa shape index (κ1) is 19.0. The SMILES string of the molecule is N#Cc1ccc(N(Nc2ccc3ccccc3c2)C(=O)OCc2ccccc2)cc1. The Labute approximate surface area is 174 Å². The van der Waals surface area contributed by atoms with E-state index in [0.717, 1.165) is 22.0 Å². The number of hydrazine groups is 1. The zero-order chi connectivity index (χ0) is 20.8. The molecule has 1 amide bonds. The summed E-state index contributed by atoms with van der Waals surface area (Å²) in [6, 6.07) is 32.2. The summed E-state index contributed by atoms with van der Waals surface area (Å²) in [5.74, 6) is 0. The van der Waals surface area contributed by atoms with E-state index in [9.17, 15) is 4.79 Å². The van der Waals surface area contributed by atoms with Gasteiger partial charge in [0.05, 0.1) is 23.0 Å². The summed E-state index contributed by atoms with van der Waals surface area (Å²) in [7, 11) is 0. The number of nitrogens with zero attached hydrogens (tertiary/aromatic N) is 2. The summed E-state index contributed by atoms with van der Waals surface area (Å²) in [5.41, 5.74) is 5.87. The van der Waals surface area contributed by atoms with Gasteiger partial charge in [-0.25, -0.2) is 4.79 Å². The summed E-state index contributed by atoms with van der Waals surface area (Å²) >= 11 is 0. The number of amides is 1. The van der Waals surface area contributed by atoms with Crippen molar-refractivity contribution in [2.24, 2.45) is 0 Å². The molecular weight excluding hydrogens is 374 g/mol. The van der Waals surface area contributed by atoms with Gasteiger partial charge in [-0.2, -0.15) is 10.3 Å². The molecule has 0 aliphatic rings. The number of nitriles is 1. The predicted molar refractivity (Wildman–Crippen MR) is 118 cm³/mol. The molecule has 0 unspecified atom stereocenters. The van der Waals surface area contributed by atoms with Crippen LogP contribution in [0.5, 0.6) is 0 Å². The number of rotatable bonds is 5. The average molecular weight is 393 g/mol. The molecule has 30 heavy (non-hydrogen) atoms. The second kappa shape index (κ2) is 8.80. The van der Waals surface area contributed by atoms with Gasteiger partial charge in [0.2, 0.25) is 0 Å². The van der Waals surface area contributed by atoms with E-state index in [2.05, 4.69) is 11.5 Å². The zero-order valence-electron chi connectivity index (χ0n) is 16.2. The van der Waals surface area contributed by atoms with Crippen molar-refractivity contribution >= 4 is 28.2 Å². The molecule has 4 aromatic rings. The van der Waals surface area contributed by atoms with E-state index in [0.29, 0.717) is 11.3 Å². The van der Waals surface area contributed by atoms with Crippen molar-refractivity contribution in [3.05, 3.63) is 108 Å². The summed E-state index contributed by atoms with van der Waals surface area (Å²) in [5, 5.41) is 12.6. The third-order valence-electron chi connectivity index (χ3n) is 4.63. The lowest BCUT2D eigenvalue weighted by molar-refractivity contribution is 0.148. The lowest BCUT2D eigenvalue weighted by Gasteiger charge is -2.24. The summed E-state index contributed by atoms with van der Waals surface area (Å²) < 4.78 is 5.52. The molecule has 0 fully saturated rings. The summed E-state index contributed by atoms with van der Waals surface area (Å²) in [6.45, 7) is 0.159. The molecule has 5 nitrogen and oxygen atoms in total. The first-order valence-electron chi connectivity index (χ1n) is 9.49. The van der Waals surface area contributed by atoms with E-state index in [4.69, 9.17) is 10.00 Å². The van der Waals surface area contributed by atoms with E-state index < -0.39 is 6.09 Å². The Morgan fingerprint density at radius 2 is 1.57 bits per heavy atom. The van der Waals surface area contributed by atoms with Crippen LogP contribution in [0.15, 0.2) is 97.1 Å². The maximum atomic E-state index is 12.9. The van der Waals surface area contributed by atoms with Crippen LogP contribution in [-0.2, 0) is 11.3 Å². The molecule has 0 heterocycles. The number of benzene rings is 4. The standard InChI is InChI=1S/C25H19N3O2/c26-17-19-10-14-24(15-11-19)28(25(29)30-18-20-6-2-1-3-7-20)27-23-13-12-21-8-4-5-9-22(21)16-23/h1-16,27H,18H2. The monoisotopic (exact) mass is 393 g/mol. The van der Waals surface area contributed by atoms with Crippen LogP contribution in [0.4, 0.5) is 16.2 Å². The van der Waals surface area contributed by atoms with Gasteiger partial charge >= 0.3 is 6.09 Å². The molecule has 1 N–H and O–H groups in total. The summed E-state index contributed by atoms with van der Waals surface area (Å²) in [4.78, 5) is 12.9. The van der Waals surface area contributed by atoms with Crippen molar-refractivity contribution in [3.63, 3.8) is 0 Å². The zero-order valence-corrected chi connectivity index (χ0v) is 16.2. The third-order valence-corrected chi connectivity index (χ3v) is 4.63. The van der Waals surface area contributed by atoms with Gasteiger partial charge in [0.1, 0.15) is 6.61 Å². The highest BCUT2D eigenvalue weighted by molar-refractivity contribution is 5.92. The van der Waals surface area contributed by atoms with Crippen LogP contribution < -0.4 is 10.4 Å². The topological polar surface area (TPSA) is 65.4 Å². The Hall–Kier alpha value is -4.30. The Kier molecular flexibility index (Phi) is 5.59.